The molecule has 2 amide bonds. The summed E-state index contributed by atoms with van der Waals surface area (Å²) in [6.45, 7) is 4.23. The number of carbonyl (C=O) groups is 2. The molecule has 0 atom stereocenters. The Hall–Kier alpha value is -2.60. The topological polar surface area (TPSA) is 97.4 Å². The van der Waals surface area contributed by atoms with Crippen LogP contribution in [0.5, 0.6) is 0 Å². The second-order valence-electron chi connectivity index (χ2n) is 5.68. The first-order valence-electron chi connectivity index (χ1n) is 7.46. The Morgan fingerprint density at radius 1 is 1.13 bits per heavy atom. The average molecular weight is 315 g/mol. The van der Waals surface area contributed by atoms with Gasteiger partial charge in [0.25, 0.3) is 5.91 Å². The molecule has 0 saturated heterocycles. The van der Waals surface area contributed by atoms with Gasteiger partial charge in [0.1, 0.15) is 12.0 Å². The van der Waals surface area contributed by atoms with E-state index in [0.717, 1.165) is 0 Å². The maximum absolute atomic E-state index is 12.0. The summed E-state index contributed by atoms with van der Waals surface area (Å²) in [7, 11) is 0. The van der Waals surface area contributed by atoms with Crippen molar-refractivity contribution in [3.8, 4) is 0 Å². The van der Waals surface area contributed by atoms with E-state index >= 15 is 0 Å². The Morgan fingerprint density at radius 2 is 1.74 bits per heavy atom. The van der Waals surface area contributed by atoms with Gasteiger partial charge < -0.3 is 20.8 Å². The third kappa shape index (κ3) is 4.96. The molecule has 2 rings (SSSR count). The van der Waals surface area contributed by atoms with Gasteiger partial charge in [0.15, 0.2) is 0 Å². The second kappa shape index (κ2) is 7.60. The van der Waals surface area contributed by atoms with Crippen LogP contribution in [0.25, 0.3) is 0 Å². The van der Waals surface area contributed by atoms with Crippen molar-refractivity contribution >= 4 is 23.2 Å². The number of anilines is 2. The fourth-order valence-electron chi connectivity index (χ4n) is 2.03. The molecular weight excluding hydrogens is 294 g/mol. The first-order valence-corrected chi connectivity index (χ1v) is 7.46. The minimum atomic E-state index is -0.273. The van der Waals surface area contributed by atoms with Crippen molar-refractivity contribution < 1.29 is 14.0 Å². The third-order valence-corrected chi connectivity index (χ3v) is 3.14. The second-order valence-corrected chi connectivity index (χ2v) is 5.68. The molecule has 4 N–H and O–H groups in total. The number of nitrogens with one attached hydrogen (secondary N) is 2. The van der Waals surface area contributed by atoms with Crippen LogP contribution in [0.3, 0.4) is 0 Å². The van der Waals surface area contributed by atoms with E-state index in [9.17, 15) is 9.59 Å². The highest BCUT2D eigenvalue weighted by Gasteiger charge is 2.10. The minimum Gasteiger partial charge on any atom is -0.467 e. The van der Waals surface area contributed by atoms with Crippen LogP contribution in [-0.4, -0.2) is 11.8 Å². The zero-order chi connectivity index (χ0) is 16.8. The van der Waals surface area contributed by atoms with Gasteiger partial charge in [-0.2, -0.15) is 0 Å². The summed E-state index contributed by atoms with van der Waals surface area (Å²) >= 11 is 0. The van der Waals surface area contributed by atoms with Gasteiger partial charge in [-0.1, -0.05) is 13.8 Å². The van der Waals surface area contributed by atoms with Gasteiger partial charge in [-0.25, -0.2) is 0 Å². The normalized spacial score (nSPS) is 10.6. The van der Waals surface area contributed by atoms with Crippen LogP contribution in [0.15, 0.2) is 41.0 Å². The smallest absolute Gasteiger partial charge is 0.258 e. The van der Waals surface area contributed by atoms with Crippen molar-refractivity contribution in [3.05, 3.63) is 47.9 Å². The van der Waals surface area contributed by atoms with Crippen LogP contribution < -0.4 is 16.4 Å². The number of furan rings is 1. The molecule has 0 radical (unpaired) electrons. The maximum Gasteiger partial charge on any atom is 0.258 e. The van der Waals surface area contributed by atoms with E-state index in [0.29, 0.717) is 35.0 Å². The Labute approximate surface area is 135 Å². The number of benzene rings is 1. The number of rotatable bonds is 6. The number of hydrogen-bond donors (Lipinski definition) is 3. The first-order chi connectivity index (χ1) is 11.0. The standard InChI is InChI=1S/C17H21N3O3/c1-11(2)7-16(21)19-13-3-5-14(6-4-13)20-17(22)12-8-15(9-18)23-10-12/h3-6,8,10-11H,7,9,18H2,1-2H3,(H,19,21)(H,20,22). The molecule has 0 saturated carbocycles. The van der Waals surface area contributed by atoms with E-state index in [2.05, 4.69) is 10.6 Å². The molecule has 122 valence electrons. The van der Waals surface area contributed by atoms with Crippen LogP contribution in [0.2, 0.25) is 0 Å². The summed E-state index contributed by atoms with van der Waals surface area (Å²) in [5, 5.41) is 5.57. The lowest BCUT2D eigenvalue weighted by Gasteiger charge is -2.08. The zero-order valence-corrected chi connectivity index (χ0v) is 13.3. The molecule has 0 fully saturated rings. The van der Waals surface area contributed by atoms with Gasteiger partial charge in [0.05, 0.1) is 12.1 Å². The van der Waals surface area contributed by atoms with Crippen molar-refractivity contribution in [2.45, 2.75) is 26.8 Å². The minimum absolute atomic E-state index is 0.0236. The molecule has 6 heteroatoms. The monoisotopic (exact) mass is 315 g/mol. The Balaban J connectivity index is 1.94. The fraction of sp³-hybridized carbons (Fsp3) is 0.294. The van der Waals surface area contributed by atoms with E-state index in [1.54, 1.807) is 30.3 Å². The molecule has 1 aromatic carbocycles. The SMILES string of the molecule is CC(C)CC(=O)Nc1ccc(NC(=O)c2coc(CN)c2)cc1. The Morgan fingerprint density at radius 3 is 2.26 bits per heavy atom. The highest BCUT2D eigenvalue weighted by molar-refractivity contribution is 6.04. The number of hydrogen-bond acceptors (Lipinski definition) is 4. The van der Waals surface area contributed by atoms with Crippen molar-refractivity contribution in [1.82, 2.24) is 0 Å². The maximum atomic E-state index is 12.0. The molecule has 0 bridgehead atoms. The summed E-state index contributed by atoms with van der Waals surface area (Å²) < 4.78 is 5.13. The predicted molar refractivity (Wildman–Crippen MR) is 89.1 cm³/mol. The quantitative estimate of drug-likeness (QED) is 0.763. The van der Waals surface area contributed by atoms with Gasteiger partial charge >= 0.3 is 0 Å². The average Bonchev–Trinajstić information content (AvgIpc) is 2.97. The summed E-state index contributed by atoms with van der Waals surface area (Å²) in [6, 6.07) is 8.55. The highest BCUT2D eigenvalue weighted by atomic mass is 16.3. The van der Waals surface area contributed by atoms with Gasteiger partial charge in [0, 0.05) is 17.8 Å². The molecule has 0 aliphatic rings. The lowest BCUT2D eigenvalue weighted by atomic mass is 10.1. The molecular formula is C17H21N3O3. The molecule has 1 heterocycles. The largest absolute Gasteiger partial charge is 0.467 e. The molecule has 1 aromatic heterocycles. The summed E-state index contributed by atoms with van der Waals surface area (Å²) in [6.07, 6.45) is 1.85. The van der Waals surface area contributed by atoms with Gasteiger partial charge in [-0.15, -0.1) is 0 Å². The lowest BCUT2D eigenvalue weighted by Crippen LogP contribution is -2.14. The number of carbonyl (C=O) groups excluding carboxylic acids is 2. The van der Waals surface area contributed by atoms with Crippen molar-refractivity contribution in [3.63, 3.8) is 0 Å². The molecule has 0 spiro atoms. The van der Waals surface area contributed by atoms with Gasteiger partial charge in [0.2, 0.25) is 5.91 Å². The van der Waals surface area contributed by atoms with Crippen molar-refractivity contribution in [2.75, 3.05) is 10.6 Å². The van der Waals surface area contributed by atoms with Crippen LogP contribution in [-0.2, 0) is 11.3 Å². The first kappa shape index (κ1) is 16.8. The summed E-state index contributed by atoms with van der Waals surface area (Å²) in [4.78, 5) is 23.7. The Kier molecular flexibility index (Phi) is 5.54. The zero-order valence-electron chi connectivity index (χ0n) is 13.3. The van der Waals surface area contributed by atoms with Crippen LogP contribution in [0.4, 0.5) is 11.4 Å². The summed E-state index contributed by atoms with van der Waals surface area (Å²) in [5.74, 6) is 0.565. The van der Waals surface area contributed by atoms with E-state index in [4.69, 9.17) is 10.2 Å². The van der Waals surface area contributed by atoms with Gasteiger partial charge in [-0.05, 0) is 36.2 Å². The van der Waals surface area contributed by atoms with E-state index < -0.39 is 0 Å². The fourth-order valence-corrected chi connectivity index (χ4v) is 2.03. The third-order valence-electron chi connectivity index (χ3n) is 3.14. The molecule has 23 heavy (non-hydrogen) atoms. The lowest BCUT2D eigenvalue weighted by molar-refractivity contribution is -0.116. The molecule has 0 unspecified atom stereocenters. The molecule has 2 aromatic rings. The van der Waals surface area contributed by atoms with Crippen molar-refractivity contribution in [2.24, 2.45) is 11.7 Å². The molecule has 6 nitrogen and oxygen atoms in total. The molecule has 0 aliphatic carbocycles. The number of amides is 2. The molecule has 0 aliphatic heterocycles. The van der Waals surface area contributed by atoms with E-state index in [1.165, 1.54) is 6.26 Å². The highest BCUT2D eigenvalue weighted by Crippen LogP contribution is 2.16. The number of nitrogens with two attached hydrogens (primary N) is 1. The van der Waals surface area contributed by atoms with E-state index in [-0.39, 0.29) is 18.4 Å². The predicted octanol–water partition coefficient (Wildman–Crippen LogP) is 2.98. The van der Waals surface area contributed by atoms with Crippen LogP contribution in [0.1, 0.15) is 36.4 Å². The van der Waals surface area contributed by atoms with Crippen molar-refractivity contribution in [1.29, 1.82) is 0 Å². The van der Waals surface area contributed by atoms with Crippen LogP contribution >= 0.6 is 0 Å². The van der Waals surface area contributed by atoms with Crippen LogP contribution in [0, 0.1) is 5.92 Å². The summed E-state index contributed by atoms with van der Waals surface area (Å²) in [5.41, 5.74) is 7.19. The van der Waals surface area contributed by atoms with E-state index in [1.807, 2.05) is 13.8 Å². The Bertz CT molecular complexity index is 675. The van der Waals surface area contributed by atoms with Gasteiger partial charge in [-0.3, -0.25) is 9.59 Å².